The Morgan fingerprint density at radius 3 is 1.10 bits per heavy atom. The smallest absolute Gasteiger partial charge is 0.446 e. The van der Waals surface area contributed by atoms with Crippen LogP contribution in [0.5, 0.6) is 23.0 Å². The zero-order valence-corrected chi connectivity index (χ0v) is 34.9. The molecule has 2 N–H and O–H groups in total. The molecule has 9 rings (SSSR count). The Hall–Kier alpha value is -2.13. The summed E-state index contributed by atoms with van der Waals surface area (Å²) >= 11 is 0. The molecular weight excluding hydrogens is 735 g/mol. The molecule has 0 heterocycles. The van der Waals surface area contributed by atoms with Gasteiger partial charge in [0, 0.05) is 157 Å². The summed E-state index contributed by atoms with van der Waals surface area (Å²) in [7, 11) is -6.64. The molecule has 0 spiro atoms. The fourth-order valence-corrected chi connectivity index (χ4v) is 8.44. The van der Waals surface area contributed by atoms with Crippen LogP contribution in [-0.2, 0) is 20.8 Å². The summed E-state index contributed by atoms with van der Waals surface area (Å²) in [6.07, 6.45) is 0. The van der Waals surface area contributed by atoms with E-state index in [0.717, 1.165) is 32.3 Å². The van der Waals surface area contributed by atoms with Crippen molar-refractivity contribution in [1.29, 1.82) is 0 Å². The first kappa shape index (κ1) is 36.2. The van der Waals surface area contributed by atoms with Gasteiger partial charge in [0.05, 0.1) is 14.2 Å². The zero-order valence-electron chi connectivity index (χ0n) is 27.1. The molecule has 50 heavy (non-hydrogen) atoms. The predicted molar refractivity (Wildman–Crippen MR) is 198 cm³/mol. The van der Waals surface area contributed by atoms with Crippen molar-refractivity contribution in [2.75, 3.05) is 14.2 Å². The number of hydrogen-bond donors (Lipinski definition) is 2. The second-order valence-corrected chi connectivity index (χ2v) is 13.6. The molecule has 0 bridgehead atoms. The molecule has 0 saturated heterocycles. The van der Waals surface area contributed by atoms with Gasteiger partial charge in [-0.25, -0.2) is 0 Å². The molecule has 0 aliphatic rings. The monoisotopic (exact) mass is 756 g/mol. The van der Waals surface area contributed by atoms with Crippen LogP contribution in [0.2, 0.25) is 0 Å². The third-order valence-corrected chi connectivity index (χ3v) is 10.0. The van der Waals surface area contributed by atoms with Crippen molar-refractivity contribution in [2.24, 2.45) is 0 Å². The van der Waals surface area contributed by atoms with Crippen LogP contribution in [-0.4, -0.2) is 143 Å². The van der Waals surface area contributed by atoms with Crippen LogP contribution in [0.4, 0.5) is 0 Å². The first-order valence-corrected chi connectivity index (χ1v) is 17.4. The fraction of sp³-hybridized carbons (Fsp3) is 0.0556. The molecule has 10 nitrogen and oxygen atoms in total. The quantitative estimate of drug-likeness (QED) is 0.0762. The van der Waals surface area contributed by atoms with Gasteiger partial charge in [0.25, 0.3) is 0 Å². The Labute approximate surface area is 370 Å². The molecule has 0 atom stereocenters. The standard InChI is InChI=1S/C36H22O10S2.2K/c1-43-27-15-25-17-7-3-5-9-21(17)35(45-47(37,38)39)23-13-11-19-20-12-14-24-30-26(18-8-4-6-10-22(18)36(24)46-48(40,41)42)16-28(44-2)34(32(20)30)33(27)31(19)29(23)25;;/h3-16H,1-2H3,(H,37,38,39)(H,40,41,42);;. The van der Waals surface area contributed by atoms with Crippen LogP contribution in [0, 0.1) is 0 Å². The first-order chi connectivity index (χ1) is 23.0. The van der Waals surface area contributed by atoms with E-state index < -0.39 is 20.8 Å². The molecule has 9 aromatic rings. The molecule has 14 heteroatoms. The molecule has 0 saturated carbocycles. The Bertz CT molecular complexity index is 2880. The number of benzene rings is 9. The summed E-state index contributed by atoms with van der Waals surface area (Å²) in [6, 6.07) is 25.4. The van der Waals surface area contributed by atoms with Crippen molar-refractivity contribution in [2.45, 2.75) is 0 Å². The molecule has 0 aromatic heterocycles. The topological polar surface area (TPSA) is 146 Å². The third kappa shape index (κ3) is 5.31. The average Bonchev–Trinajstić information content (AvgIpc) is 3.06. The molecule has 0 aliphatic carbocycles. The molecule has 9 aromatic carbocycles. The van der Waals surface area contributed by atoms with E-state index in [2.05, 4.69) is 0 Å². The molecule has 0 unspecified atom stereocenters. The normalized spacial score (nSPS) is 12.4. The van der Waals surface area contributed by atoms with Crippen molar-refractivity contribution in [3.8, 4) is 23.0 Å². The van der Waals surface area contributed by atoms with Gasteiger partial charge in [0.1, 0.15) is 11.5 Å². The van der Waals surface area contributed by atoms with E-state index in [0.29, 0.717) is 65.4 Å². The van der Waals surface area contributed by atoms with E-state index in [1.807, 2.05) is 48.5 Å². The van der Waals surface area contributed by atoms with Gasteiger partial charge in [-0.05, 0) is 56.6 Å². The van der Waals surface area contributed by atoms with Gasteiger partial charge in [-0.3, -0.25) is 9.11 Å². The second kappa shape index (κ2) is 12.8. The molecular formula is C36H22K2O10S2. The number of fused-ring (bicyclic) bond motifs is 6. The van der Waals surface area contributed by atoms with Gasteiger partial charge in [-0.1, -0.05) is 60.7 Å². The molecule has 2 radical (unpaired) electrons. The van der Waals surface area contributed by atoms with Crippen LogP contribution >= 0.6 is 0 Å². The second-order valence-electron chi connectivity index (χ2n) is 11.6. The van der Waals surface area contributed by atoms with E-state index in [-0.39, 0.29) is 114 Å². The van der Waals surface area contributed by atoms with E-state index in [1.165, 1.54) is 0 Å². The molecule has 240 valence electrons. The molecule has 0 aliphatic heterocycles. The summed E-state index contributed by atoms with van der Waals surface area (Å²) < 4.78 is 90.8. The maximum atomic E-state index is 12.1. The first-order valence-electron chi connectivity index (χ1n) is 14.6. The SMILES string of the molecule is COc1cc2c3ccccc3c(OS(=O)(=O)O)c3ccc4c5ccc6c(OS(=O)(=O)O)c7ccccc7c7cc(OC)c(c1c4c32)c5c67.[K].[K]. The van der Waals surface area contributed by atoms with Crippen LogP contribution in [0.25, 0.3) is 86.2 Å². The van der Waals surface area contributed by atoms with Crippen molar-refractivity contribution >= 4 is 210 Å². The minimum atomic E-state index is -4.89. The van der Waals surface area contributed by atoms with Gasteiger partial charge >= 0.3 is 20.8 Å². The summed E-state index contributed by atoms with van der Waals surface area (Å²) in [4.78, 5) is 0. The summed E-state index contributed by atoms with van der Waals surface area (Å²) in [5, 5.41) is 10.6. The minimum absolute atomic E-state index is 0. The fourth-order valence-electron chi connectivity index (χ4n) is 7.66. The van der Waals surface area contributed by atoms with Crippen LogP contribution in [0.1, 0.15) is 0 Å². The summed E-state index contributed by atoms with van der Waals surface area (Å²) in [5.41, 5.74) is 0. The molecule has 0 amide bonds. The van der Waals surface area contributed by atoms with Gasteiger partial charge in [0.2, 0.25) is 0 Å². The molecule has 0 fully saturated rings. The third-order valence-electron chi connectivity index (χ3n) is 9.26. The largest absolute Gasteiger partial charge is 0.496 e. The number of rotatable bonds is 6. The van der Waals surface area contributed by atoms with E-state index >= 15 is 0 Å². The van der Waals surface area contributed by atoms with Crippen LogP contribution < -0.4 is 17.8 Å². The predicted octanol–water partition coefficient (Wildman–Crippen LogP) is 7.41. The summed E-state index contributed by atoms with van der Waals surface area (Å²) in [6.45, 7) is 0. The Kier molecular flexibility index (Phi) is 9.26. The van der Waals surface area contributed by atoms with Gasteiger partial charge in [-0.2, -0.15) is 16.8 Å². The van der Waals surface area contributed by atoms with E-state index in [9.17, 15) is 25.9 Å². The van der Waals surface area contributed by atoms with E-state index in [1.54, 1.807) is 50.6 Å². The van der Waals surface area contributed by atoms with Crippen LogP contribution in [0.15, 0.2) is 84.9 Å². The summed E-state index contributed by atoms with van der Waals surface area (Å²) in [5.74, 6) is 1.02. The Balaban J connectivity index is 0.00000196. The number of ether oxygens (including phenoxy) is 2. The van der Waals surface area contributed by atoms with Crippen molar-refractivity contribution in [3.63, 3.8) is 0 Å². The van der Waals surface area contributed by atoms with Crippen molar-refractivity contribution < 1.29 is 43.8 Å². The van der Waals surface area contributed by atoms with Crippen molar-refractivity contribution in [1.82, 2.24) is 0 Å². The van der Waals surface area contributed by atoms with Gasteiger partial charge < -0.3 is 17.8 Å². The maximum Gasteiger partial charge on any atom is 0.446 e. The van der Waals surface area contributed by atoms with Gasteiger partial charge in [0.15, 0.2) is 11.5 Å². The average molecular weight is 757 g/mol. The Morgan fingerprint density at radius 1 is 0.420 bits per heavy atom. The van der Waals surface area contributed by atoms with Crippen molar-refractivity contribution in [3.05, 3.63) is 84.9 Å². The number of hydrogen-bond acceptors (Lipinski definition) is 8. The zero-order chi connectivity index (χ0) is 33.3. The van der Waals surface area contributed by atoms with Gasteiger partial charge in [-0.15, -0.1) is 0 Å². The maximum absolute atomic E-state index is 12.1. The van der Waals surface area contributed by atoms with E-state index in [4.69, 9.17) is 17.8 Å². The Morgan fingerprint density at radius 2 is 0.760 bits per heavy atom. The minimum Gasteiger partial charge on any atom is -0.496 e. The van der Waals surface area contributed by atoms with Crippen LogP contribution in [0.3, 0.4) is 0 Å². The number of methoxy groups -OCH3 is 2.